The summed E-state index contributed by atoms with van der Waals surface area (Å²) < 4.78 is 64.4. The number of sulfonamides is 1. The third-order valence-corrected chi connectivity index (χ3v) is 8.03. The van der Waals surface area contributed by atoms with Crippen LogP contribution in [-0.2, 0) is 14.8 Å². The van der Waals surface area contributed by atoms with E-state index in [0.29, 0.717) is 29.8 Å². The molecular formula is C21H24F3N7O3S. The Balaban J connectivity index is 1.61. The number of anilines is 1. The molecule has 0 aromatic carbocycles. The lowest BCUT2D eigenvalue weighted by atomic mass is 9.91. The average Bonchev–Trinajstić information content (AvgIpc) is 3.56. The van der Waals surface area contributed by atoms with Crippen molar-refractivity contribution in [3.63, 3.8) is 0 Å². The Hall–Kier alpha value is -3.26. The third-order valence-electron chi connectivity index (χ3n) is 5.74. The number of aromatic nitrogens is 3. The number of nitrogens with one attached hydrogen (secondary N) is 3. The molecule has 1 aliphatic carbocycles. The van der Waals surface area contributed by atoms with Crippen molar-refractivity contribution in [2.24, 2.45) is 4.99 Å². The smallest absolute Gasteiger partial charge is 0.354 e. The van der Waals surface area contributed by atoms with E-state index in [9.17, 15) is 26.4 Å². The molecular weight excluding hydrogens is 487 g/mol. The Morgan fingerprint density at radius 3 is 2.71 bits per heavy atom. The summed E-state index contributed by atoms with van der Waals surface area (Å²) in [6.45, 7) is 3.18. The van der Waals surface area contributed by atoms with Gasteiger partial charge in [-0.15, -0.1) is 0 Å². The molecule has 3 heterocycles. The first-order valence-electron chi connectivity index (χ1n) is 10.8. The zero-order valence-electron chi connectivity index (χ0n) is 18.8. The molecule has 1 aliphatic heterocycles. The van der Waals surface area contributed by atoms with Crippen LogP contribution in [0.5, 0.6) is 0 Å². The van der Waals surface area contributed by atoms with Gasteiger partial charge in [-0.25, -0.2) is 23.4 Å². The summed E-state index contributed by atoms with van der Waals surface area (Å²) in [6.07, 6.45) is 3.10. The molecule has 10 nitrogen and oxygen atoms in total. The standard InChI is InChI=1S/C21H24F3N7O3S/c1-3-4-14-15(9-27-17(14)25-2)18-26-8-7-16(29-18)30-20(19(32)28-10-21(22,23)24)11-31(12-20)35(33,34)13-5-6-13/h3-4,7-9,13,27H,2,5-6,10-12H2,1H3,(H,28,32)(H,26,29,30)/b4-3-. The van der Waals surface area contributed by atoms with Crippen LogP contribution < -0.4 is 10.6 Å². The molecule has 2 aromatic heterocycles. The number of hydrogen-bond acceptors (Lipinski definition) is 7. The Kier molecular flexibility index (Phi) is 6.44. The molecule has 188 valence electrons. The highest BCUT2D eigenvalue weighted by atomic mass is 32.2. The highest BCUT2D eigenvalue weighted by Crippen LogP contribution is 2.37. The number of hydrogen-bond donors (Lipinski definition) is 3. The number of rotatable bonds is 9. The SMILES string of the molecule is C=Nc1[nH]cc(-c2nccc(NC3(C(=O)NCC(F)(F)F)CN(S(=O)(=O)C4CC4)C3)n2)c1/C=C\C. The lowest BCUT2D eigenvalue weighted by Crippen LogP contribution is -2.74. The molecule has 1 saturated carbocycles. The van der Waals surface area contributed by atoms with Crippen LogP contribution in [-0.4, -0.2) is 76.9 Å². The van der Waals surface area contributed by atoms with E-state index in [1.54, 1.807) is 18.3 Å². The zero-order valence-corrected chi connectivity index (χ0v) is 19.6. The number of carbonyl (C=O) groups excluding carboxylic acids is 1. The summed E-state index contributed by atoms with van der Waals surface area (Å²) in [5.41, 5.74) is -0.337. The molecule has 0 spiro atoms. The highest BCUT2D eigenvalue weighted by Gasteiger charge is 2.56. The van der Waals surface area contributed by atoms with Gasteiger partial charge in [0.25, 0.3) is 0 Å². The summed E-state index contributed by atoms with van der Waals surface area (Å²) in [5, 5.41) is 4.23. The Bertz CT molecular complexity index is 1260. The van der Waals surface area contributed by atoms with Gasteiger partial charge >= 0.3 is 6.18 Å². The van der Waals surface area contributed by atoms with E-state index in [1.807, 2.05) is 12.2 Å². The summed E-state index contributed by atoms with van der Waals surface area (Å²) in [4.78, 5) is 28.4. The van der Waals surface area contributed by atoms with Crippen molar-refractivity contribution < 1.29 is 26.4 Å². The number of alkyl halides is 3. The Morgan fingerprint density at radius 2 is 2.11 bits per heavy atom. The van der Waals surface area contributed by atoms with Crippen LogP contribution >= 0.6 is 0 Å². The van der Waals surface area contributed by atoms with Crippen LogP contribution in [0.1, 0.15) is 25.3 Å². The first-order chi connectivity index (χ1) is 16.5. The second kappa shape index (κ2) is 9.07. The van der Waals surface area contributed by atoms with Crippen LogP contribution in [0.15, 0.2) is 29.5 Å². The molecule has 2 aromatic rings. The van der Waals surface area contributed by atoms with E-state index in [1.165, 1.54) is 12.3 Å². The second-order valence-corrected chi connectivity index (χ2v) is 10.6. The van der Waals surface area contributed by atoms with Gasteiger partial charge in [0.15, 0.2) is 5.82 Å². The summed E-state index contributed by atoms with van der Waals surface area (Å²) >= 11 is 0. The fourth-order valence-electron chi connectivity index (χ4n) is 3.82. The predicted molar refractivity (Wildman–Crippen MR) is 125 cm³/mol. The van der Waals surface area contributed by atoms with E-state index in [2.05, 4.69) is 32.0 Å². The predicted octanol–water partition coefficient (Wildman–Crippen LogP) is 2.47. The molecule has 3 N–H and O–H groups in total. The minimum absolute atomic E-state index is 0.154. The van der Waals surface area contributed by atoms with E-state index in [0.717, 1.165) is 4.31 Å². The van der Waals surface area contributed by atoms with Crippen LogP contribution in [0.25, 0.3) is 17.5 Å². The van der Waals surface area contributed by atoms with E-state index in [-0.39, 0.29) is 24.7 Å². The van der Waals surface area contributed by atoms with E-state index in [4.69, 9.17) is 0 Å². The van der Waals surface area contributed by atoms with Crippen molar-refractivity contribution in [1.29, 1.82) is 0 Å². The molecule has 1 amide bonds. The number of allylic oxidation sites excluding steroid dienone is 1. The monoisotopic (exact) mass is 511 g/mol. The molecule has 0 radical (unpaired) electrons. The van der Waals surface area contributed by atoms with Gasteiger partial charge < -0.3 is 15.6 Å². The number of nitrogens with zero attached hydrogens (tertiary/aromatic N) is 4. The maximum Gasteiger partial charge on any atom is 0.405 e. The van der Waals surface area contributed by atoms with Gasteiger partial charge in [-0.1, -0.05) is 12.2 Å². The largest absolute Gasteiger partial charge is 0.405 e. The molecule has 35 heavy (non-hydrogen) atoms. The number of aliphatic imine (C=N–C) groups is 1. The summed E-state index contributed by atoms with van der Waals surface area (Å²) in [5.74, 6) is -0.0437. The van der Waals surface area contributed by atoms with Crippen LogP contribution in [0, 0.1) is 0 Å². The van der Waals surface area contributed by atoms with Crippen molar-refractivity contribution >= 4 is 40.4 Å². The number of halogens is 3. The van der Waals surface area contributed by atoms with Gasteiger partial charge in [0.2, 0.25) is 15.9 Å². The fourth-order valence-corrected chi connectivity index (χ4v) is 5.77. The van der Waals surface area contributed by atoms with E-state index < -0.39 is 39.4 Å². The third kappa shape index (κ3) is 5.07. The molecule has 1 saturated heterocycles. The molecule has 0 bridgehead atoms. The number of H-pyrrole nitrogens is 1. The van der Waals surface area contributed by atoms with Gasteiger partial charge in [-0.05, 0) is 32.5 Å². The fraction of sp³-hybridized carbons (Fsp3) is 0.429. The van der Waals surface area contributed by atoms with Gasteiger partial charge in [-0.3, -0.25) is 4.79 Å². The van der Waals surface area contributed by atoms with E-state index >= 15 is 0 Å². The zero-order chi connectivity index (χ0) is 25.4. The van der Waals surface area contributed by atoms with Gasteiger partial charge in [0.05, 0.1) is 5.25 Å². The quantitative estimate of drug-likeness (QED) is 0.443. The highest BCUT2D eigenvalue weighted by molar-refractivity contribution is 7.90. The normalized spacial score (nSPS) is 18.3. The lowest BCUT2D eigenvalue weighted by Gasteiger charge is -2.48. The first kappa shape index (κ1) is 24.9. The number of carbonyl (C=O) groups is 1. The molecule has 0 unspecified atom stereocenters. The number of aromatic amines is 1. The molecule has 0 atom stereocenters. The van der Waals surface area contributed by atoms with Crippen molar-refractivity contribution in [3.05, 3.63) is 30.1 Å². The van der Waals surface area contributed by atoms with Crippen molar-refractivity contribution in [2.45, 2.75) is 36.7 Å². The number of amides is 1. The molecule has 2 fully saturated rings. The van der Waals surface area contributed by atoms with Gasteiger partial charge in [0.1, 0.15) is 23.7 Å². The lowest BCUT2D eigenvalue weighted by molar-refractivity contribution is -0.143. The van der Waals surface area contributed by atoms with Gasteiger partial charge in [-0.2, -0.15) is 17.5 Å². The maximum absolute atomic E-state index is 12.8. The first-order valence-corrected chi connectivity index (χ1v) is 12.3. The van der Waals surface area contributed by atoms with Crippen molar-refractivity contribution in [1.82, 2.24) is 24.6 Å². The summed E-state index contributed by atoms with van der Waals surface area (Å²) in [6, 6.07) is 1.45. The van der Waals surface area contributed by atoms with Crippen LogP contribution in [0.2, 0.25) is 0 Å². The van der Waals surface area contributed by atoms with Crippen LogP contribution in [0.3, 0.4) is 0 Å². The molecule has 14 heteroatoms. The minimum Gasteiger partial charge on any atom is -0.354 e. The minimum atomic E-state index is -4.61. The second-order valence-electron chi connectivity index (χ2n) is 8.41. The molecule has 2 aliphatic rings. The van der Waals surface area contributed by atoms with Crippen molar-refractivity contribution in [3.8, 4) is 11.4 Å². The van der Waals surface area contributed by atoms with Gasteiger partial charge in [0, 0.05) is 36.6 Å². The molecule has 4 rings (SSSR count). The van der Waals surface area contributed by atoms with Crippen molar-refractivity contribution in [2.75, 3.05) is 25.0 Å². The Labute approximate surface area is 199 Å². The average molecular weight is 512 g/mol. The summed E-state index contributed by atoms with van der Waals surface area (Å²) in [7, 11) is -3.60. The Morgan fingerprint density at radius 1 is 1.40 bits per heavy atom. The maximum atomic E-state index is 12.8. The van der Waals surface area contributed by atoms with Crippen LogP contribution in [0.4, 0.5) is 24.8 Å². The topological polar surface area (TPSA) is 132 Å².